The maximum atomic E-state index is 5.37. The molecule has 0 aliphatic carbocycles. The Morgan fingerprint density at radius 2 is 2.08 bits per heavy atom. The highest BCUT2D eigenvalue weighted by Gasteiger charge is 2.16. The summed E-state index contributed by atoms with van der Waals surface area (Å²) in [6, 6.07) is 0.270. The molecule has 1 saturated heterocycles. The van der Waals surface area contributed by atoms with Crippen molar-refractivity contribution in [2.24, 2.45) is 4.99 Å². The van der Waals surface area contributed by atoms with E-state index in [0.29, 0.717) is 13.2 Å². The summed E-state index contributed by atoms with van der Waals surface area (Å²) in [5.41, 5.74) is 0. The van der Waals surface area contributed by atoms with E-state index in [1.807, 2.05) is 0 Å². The topological polar surface area (TPSA) is 42.8 Å². The molecule has 1 fully saturated rings. The second-order valence-electron chi connectivity index (χ2n) is 3.03. The molecule has 5 heteroatoms. The molecule has 0 aromatic rings. The Labute approximate surface area is 82.1 Å². The molecule has 4 nitrogen and oxygen atoms in total. The molecular formula is C8H14N2O2S. The molecule has 0 aromatic heterocycles. The summed E-state index contributed by atoms with van der Waals surface area (Å²) in [4.78, 5) is 4.32. The van der Waals surface area contributed by atoms with E-state index in [0.717, 1.165) is 30.7 Å². The van der Waals surface area contributed by atoms with Gasteiger partial charge in [-0.3, -0.25) is 4.99 Å². The van der Waals surface area contributed by atoms with E-state index in [-0.39, 0.29) is 6.04 Å². The lowest BCUT2D eigenvalue weighted by Gasteiger charge is -2.15. The van der Waals surface area contributed by atoms with Crippen LogP contribution in [0.2, 0.25) is 0 Å². The summed E-state index contributed by atoms with van der Waals surface area (Å²) in [5, 5.41) is 4.36. The van der Waals surface area contributed by atoms with Gasteiger partial charge in [0, 0.05) is 5.75 Å². The molecule has 2 heterocycles. The number of hydrogen-bond donors (Lipinski definition) is 1. The highest BCUT2D eigenvalue weighted by atomic mass is 32.2. The standard InChI is InChI=1S/C8H14N2O2S/c1-4-13-8(9-1)10-7-5-11-2-3-12-6-7/h7H,1-6H2,(H,9,10). The molecule has 13 heavy (non-hydrogen) atoms. The lowest BCUT2D eigenvalue weighted by Crippen LogP contribution is -2.38. The Morgan fingerprint density at radius 1 is 1.31 bits per heavy atom. The average Bonchev–Trinajstić information content (AvgIpc) is 2.49. The van der Waals surface area contributed by atoms with Crippen molar-refractivity contribution in [1.29, 1.82) is 0 Å². The van der Waals surface area contributed by atoms with E-state index in [2.05, 4.69) is 10.3 Å². The lowest BCUT2D eigenvalue weighted by atomic mass is 10.3. The summed E-state index contributed by atoms with van der Waals surface area (Å²) in [7, 11) is 0. The fourth-order valence-corrected chi connectivity index (χ4v) is 2.11. The largest absolute Gasteiger partial charge is 0.377 e. The van der Waals surface area contributed by atoms with E-state index in [9.17, 15) is 0 Å². The zero-order chi connectivity index (χ0) is 8.93. The van der Waals surface area contributed by atoms with Gasteiger partial charge >= 0.3 is 0 Å². The van der Waals surface area contributed by atoms with Gasteiger partial charge in [-0.15, -0.1) is 0 Å². The van der Waals surface area contributed by atoms with Crippen LogP contribution >= 0.6 is 11.8 Å². The predicted molar refractivity (Wildman–Crippen MR) is 53.3 cm³/mol. The molecule has 0 atom stereocenters. The van der Waals surface area contributed by atoms with E-state index in [4.69, 9.17) is 9.47 Å². The summed E-state index contributed by atoms with van der Waals surface area (Å²) < 4.78 is 10.7. The van der Waals surface area contributed by atoms with Crippen LogP contribution in [0.15, 0.2) is 4.99 Å². The molecule has 0 radical (unpaired) electrons. The Balaban J connectivity index is 1.78. The maximum Gasteiger partial charge on any atom is 0.157 e. The number of amidine groups is 1. The Morgan fingerprint density at radius 3 is 2.69 bits per heavy atom. The van der Waals surface area contributed by atoms with Crippen LogP contribution in [0.1, 0.15) is 0 Å². The fraction of sp³-hybridized carbons (Fsp3) is 0.875. The van der Waals surface area contributed by atoms with Crippen LogP contribution in [0.4, 0.5) is 0 Å². The molecule has 0 bridgehead atoms. The normalized spacial score (nSPS) is 25.4. The molecule has 74 valence electrons. The van der Waals surface area contributed by atoms with Crippen molar-refractivity contribution in [3.05, 3.63) is 0 Å². The molecular weight excluding hydrogens is 188 g/mol. The summed E-state index contributed by atoms with van der Waals surface area (Å²) in [5.74, 6) is 1.09. The van der Waals surface area contributed by atoms with E-state index in [1.165, 1.54) is 0 Å². The average molecular weight is 202 g/mol. The van der Waals surface area contributed by atoms with E-state index in [1.54, 1.807) is 11.8 Å². The number of nitrogens with one attached hydrogen (secondary N) is 1. The van der Waals surface area contributed by atoms with Crippen molar-refractivity contribution >= 4 is 16.9 Å². The number of rotatable bonds is 1. The van der Waals surface area contributed by atoms with Gasteiger partial charge in [0.2, 0.25) is 0 Å². The summed E-state index contributed by atoms with van der Waals surface area (Å²) in [6.07, 6.45) is 0. The zero-order valence-corrected chi connectivity index (χ0v) is 8.31. The van der Waals surface area contributed by atoms with Crippen LogP contribution < -0.4 is 5.32 Å². The van der Waals surface area contributed by atoms with Gasteiger partial charge in [0.25, 0.3) is 0 Å². The second-order valence-corrected chi connectivity index (χ2v) is 4.11. The fourth-order valence-electron chi connectivity index (χ4n) is 1.30. The minimum absolute atomic E-state index is 0.270. The first kappa shape index (κ1) is 9.30. The number of aliphatic imine (C=N–C) groups is 1. The van der Waals surface area contributed by atoms with Crippen LogP contribution in [0.5, 0.6) is 0 Å². The van der Waals surface area contributed by atoms with Crippen molar-refractivity contribution in [1.82, 2.24) is 5.32 Å². The SMILES string of the molecule is C1CSC(NC2COCCOC2)=N1. The van der Waals surface area contributed by atoms with Crippen molar-refractivity contribution in [2.45, 2.75) is 6.04 Å². The van der Waals surface area contributed by atoms with Crippen LogP contribution in [0.25, 0.3) is 0 Å². The molecule has 0 spiro atoms. The second kappa shape index (κ2) is 4.83. The molecule has 0 amide bonds. The predicted octanol–water partition coefficient (Wildman–Crippen LogP) is 0.0942. The first-order valence-electron chi connectivity index (χ1n) is 4.54. The van der Waals surface area contributed by atoms with Crippen LogP contribution in [0, 0.1) is 0 Å². The van der Waals surface area contributed by atoms with Gasteiger partial charge in [-0.05, 0) is 0 Å². The Kier molecular flexibility index (Phi) is 3.46. The van der Waals surface area contributed by atoms with Gasteiger partial charge in [-0.25, -0.2) is 0 Å². The number of hydrogen-bond acceptors (Lipinski definition) is 5. The minimum atomic E-state index is 0.270. The number of thioether (sulfide) groups is 1. The van der Waals surface area contributed by atoms with Crippen LogP contribution in [-0.4, -0.2) is 49.9 Å². The van der Waals surface area contributed by atoms with E-state index < -0.39 is 0 Å². The quantitative estimate of drug-likeness (QED) is 0.654. The maximum absolute atomic E-state index is 5.37. The highest BCUT2D eigenvalue weighted by Crippen LogP contribution is 2.10. The molecule has 2 aliphatic heterocycles. The van der Waals surface area contributed by atoms with Crippen molar-refractivity contribution in [3.8, 4) is 0 Å². The van der Waals surface area contributed by atoms with Gasteiger partial charge in [0.1, 0.15) is 0 Å². The molecule has 1 N–H and O–H groups in total. The van der Waals surface area contributed by atoms with Crippen LogP contribution in [-0.2, 0) is 9.47 Å². The Hall–Kier alpha value is -0.260. The third kappa shape index (κ3) is 2.86. The number of nitrogens with zero attached hydrogens (tertiary/aromatic N) is 1. The molecule has 2 rings (SSSR count). The molecule has 2 aliphatic rings. The highest BCUT2D eigenvalue weighted by molar-refractivity contribution is 8.14. The van der Waals surface area contributed by atoms with Crippen molar-refractivity contribution < 1.29 is 9.47 Å². The Bertz CT molecular complexity index is 191. The van der Waals surface area contributed by atoms with Crippen molar-refractivity contribution in [2.75, 3.05) is 38.7 Å². The molecule has 0 saturated carbocycles. The van der Waals surface area contributed by atoms with Gasteiger partial charge in [-0.1, -0.05) is 11.8 Å². The summed E-state index contributed by atoms with van der Waals surface area (Å²) >= 11 is 1.77. The van der Waals surface area contributed by atoms with Gasteiger partial charge in [-0.2, -0.15) is 0 Å². The van der Waals surface area contributed by atoms with Gasteiger partial charge in [0.15, 0.2) is 5.17 Å². The first-order valence-corrected chi connectivity index (χ1v) is 5.53. The number of ether oxygens (including phenoxy) is 2. The molecule has 0 aromatic carbocycles. The van der Waals surface area contributed by atoms with E-state index >= 15 is 0 Å². The monoisotopic (exact) mass is 202 g/mol. The third-order valence-electron chi connectivity index (χ3n) is 1.92. The van der Waals surface area contributed by atoms with Gasteiger partial charge < -0.3 is 14.8 Å². The van der Waals surface area contributed by atoms with Gasteiger partial charge in [0.05, 0.1) is 39.0 Å². The zero-order valence-electron chi connectivity index (χ0n) is 7.49. The third-order valence-corrected chi connectivity index (χ3v) is 2.83. The smallest absolute Gasteiger partial charge is 0.157 e. The first-order chi connectivity index (χ1) is 6.45. The summed E-state index contributed by atoms with van der Waals surface area (Å²) in [6.45, 7) is 3.79. The molecule has 0 unspecified atom stereocenters. The van der Waals surface area contributed by atoms with Crippen LogP contribution in [0.3, 0.4) is 0 Å². The lowest BCUT2D eigenvalue weighted by molar-refractivity contribution is 0.103. The minimum Gasteiger partial charge on any atom is -0.377 e. The van der Waals surface area contributed by atoms with Crippen molar-refractivity contribution in [3.63, 3.8) is 0 Å².